The molecule has 3 nitrogen and oxygen atoms in total. The van der Waals surface area contributed by atoms with E-state index < -0.39 is 0 Å². The molecule has 3 heteroatoms. The zero-order chi connectivity index (χ0) is 21.2. The summed E-state index contributed by atoms with van der Waals surface area (Å²) in [4.78, 5) is 7.34. The van der Waals surface area contributed by atoms with E-state index in [-0.39, 0.29) is 0 Å². The molecule has 156 valence electrons. The van der Waals surface area contributed by atoms with Crippen molar-refractivity contribution in [3.05, 3.63) is 95.1 Å². The van der Waals surface area contributed by atoms with E-state index in [9.17, 15) is 0 Å². The summed E-state index contributed by atoms with van der Waals surface area (Å²) in [6, 6.07) is 26.2. The van der Waals surface area contributed by atoms with Crippen molar-refractivity contribution in [1.29, 1.82) is 0 Å². The van der Waals surface area contributed by atoms with Gasteiger partial charge in [-0.25, -0.2) is 4.98 Å². The molecule has 3 aromatic carbocycles. The van der Waals surface area contributed by atoms with Crippen LogP contribution in [0.15, 0.2) is 72.8 Å². The number of aromatic nitrogens is 1. The first-order valence-electron chi connectivity index (χ1n) is 11.1. The molecule has 0 bridgehead atoms. The van der Waals surface area contributed by atoms with Crippen LogP contribution in [-0.2, 0) is 13.0 Å². The lowest BCUT2D eigenvalue weighted by Crippen LogP contribution is -2.27. The number of pyridine rings is 1. The molecular formula is C28H28N2O. The average molecular weight is 409 g/mol. The van der Waals surface area contributed by atoms with Gasteiger partial charge < -0.3 is 4.74 Å². The van der Waals surface area contributed by atoms with Crippen LogP contribution in [0.5, 0.6) is 5.88 Å². The largest absolute Gasteiger partial charge is 0.476 e. The highest BCUT2D eigenvalue weighted by Gasteiger charge is 2.18. The molecular weight excluding hydrogens is 380 g/mol. The number of ether oxygens (including phenoxy) is 1. The standard InChI is InChI=1S/C28H28N2O/c1-20-16-21(2)27-25(17-20)18-26-19-30(14-15-31-28(26)29-27)13-12-22-8-10-24(11-9-22)23-6-4-3-5-7-23/h3-11,16-18H,12-15,19H2,1-2H3. The van der Waals surface area contributed by atoms with Gasteiger partial charge in [-0.3, -0.25) is 4.90 Å². The fourth-order valence-corrected chi connectivity index (χ4v) is 4.48. The van der Waals surface area contributed by atoms with Gasteiger partial charge in [-0.15, -0.1) is 0 Å². The monoisotopic (exact) mass is 408 g/mol. The Hall–Kier alpha value is -3.17. The Morgan fingerprint density at radius 1 is 0.903 bits per heavy atom. The third-order valence-electron chi connectivity index (χ3n) is 6.11. The number of hydrogen-bond donors (Lipinski definition) is 0. The first-order chi connectivity index (χ1) is 15.2. The van der Waals surface area contributed by atoms with Crippen LogP contribution in [0.2, 0.25) is 0 Å². The second kappa shape index (κ2) is 8.52. The van der Waals surface area contributed by atoms with Crippen molar-refractivity contribution in [1.82, 2.24) is 9.88 Å². The maximum Gasteiger partial charge on any atom is 0.218 e. The molecule has 0 fully saturated rings. The molecule has 5 rings (SSSR count). The van der Waals surface area contributed by atoms with E-state index in [0.29, 0.717) is 6.61 Å². The minimum Gasteiger partial charge on any atom is -0.476 e. The molecule has 1 aliphatic rings. The molecule has 0 radical (unpaired) electrons. The first-order valence-corrected chi connectivity index (χ1v) is 11.1. The highest BCUT2D eigenvalue weighted by Crippen LogP contribution is 2.28. The van der Waals surface area contributed by atoms with Crippen LogP contribution in [0.25, 0.3) is 22.0 Å². The van der Waals surface area contributed by atoms with E-state index in [2.05, 4.69) is 91.5 Å². The van der Waals surface area contributed by atoms with Gasteiger partial charge in [-0.05, 0) is 54.7 Å². The molecule has 0 spiro atoms. The number of aryl methyl sites for hydroxylation is 2. The van der Waals surface area contributed by atoms with Gasteiger partial charge in [0.25, 0.3) is 0 Å². The van der Waals surface area contributed by atoms with Crippen LogP contribution in [0, 0.1) is 13.8 Å². The molecule has 1 aromatic heterocycles. The number of benzene rings is 3. The summed E-state index contributed by atoms with van der Waals surface area (Å²) in [6.07, 6.45) is 1.03. The van der Waals surface area contributed by atoms with Crippen LogP contribution in [-0.4, -0.2) is 29.6 Å². The maximum absolute atomic E-state index is 6.04. The Balaban J connectivity index is 1.29. The molecule has 4 aromatic rings. The van der Waals surface area contributed by atoms with Gasteiger partial charge in [-0.2, -0.15) is 0 Å². The Labute approximate surface area is 184 Å². The second-order valence-electron chi connectivity index (χ2n) is 8.54. The van der Waals surface area contributed by atoms with Crippen LogP contribution in [0.4, 0.5) is 0 Å². The van der Waals surface area contributed by atoms with Crippen LogP contribution in [0.3, 0.4) is 0 Å². The van der Waals surface area contributed by atoms with Crippen molar-refractivity contribution in [3.8, 4) is 17.0 Å². The fourth-order valence-electron chi connectivity index (χ4n) is 4.48. The minimum atomic E-state index is 0.684. The van der Waals surface area contributed by atoms with Crippen molar-refractivity contribution in [2.75, 3.05) is 19.7 Å². The lowest BCUT2D eigenvalue weighted by Gasteiger charge is -2.19. The number of rotatable bonds is 4. The predicted molar refractivity (Wildman–Crippen MR) is 128 cm³/mol. The Morgan fingerprint density at radius 3 is 2.48 bits per heavy atom. The minimum absolute atomic E-state index is 0.684. The first kappa shape index (κ1) is 19.8. The smallest absolute Gasteiger partial charge is 0.218 e. The highest BCUT2D eigenvalue weighted by molar-refractivity contribution is 5.84. The lowest BCUT2D eigenvalue weighted by atomic mass is 10.0. The van der Waals surface area contributed by atoms with E-state index in [4.69, 9.17) is 9.72 Å². The van der Waals surface area contributed by atoms with E-state index >= 15 is 0 Å². The quantitative estimate of drug-likeness (QED) is 0.417. The van der Waals surface area contributed by atoms with Crippen molar-refractivity contribution >= 4 is 10.9 Å². The predicted octanol–water partition coefficient (Wildman–Crippen LogP) is 5.96. The van der Waals surface area contributed by atoms with Gasteiger partial charge >= 0.3 is 0 Å². The third kappa shape index (κ3) is 4.33. The maximum atomic E-state index is 6.04. The topological polar surface area (TPSA) is 25.4 Å². The summed E-state index contributed by atoms with van der Waals surface area (Å²) in [5.41, 5.74) is 8.63. The molecule has 0 aliphatic carbocycles. The summed E-state index contributed by atoms with van der Waals surface area (Å²) in [5.74, 6) is 0.800. The van der Waals surface area contributed by atoms with Gasteiger partial charge in [-0.1, -0.05) is 66.2 Å². The molecule has 0 unspecified atom stereocenters. The highest BCUT2D eigenvalue weighted by atomic mass is 16.5. The number of hydrogen-bond acceptors (Lipinski definition) is 3. The zero-order valence-corrected chi connectivity index (χ0v) is 18.3. The van der Waals surface area contributed by atoms with Crippen LogP contribution in [0.1, 0.15) is 22.3 Å². The molecule has 0 saturated heterocycles. The summed E-state index contributed by atoms with van der Waals surface area (Å²) < 4.78 is 6.04. The number of fused-ring (bicyclic) bond motifs is 2. The van der Waals surface area contributed by atoms with E-state index in [1.165, 1.54) is 38.8 Å². The third-order valence-corrected chi connectivity index (χ3v) is 6.11. The molecule has 0 atom stereocenters. The summed E-state index contributed by atoms with van der Waals surface area (Å²) in [5, 5.41) is 1.21. The Morgan fingerprint density at radius 2 is 1.68 bits per heavy atom. The molecule has 0 amide bonds. The summed E-state index contributed by atoms with van der Waals surface area (Å²) in [6.45, 7) is 7.77. The van der Waals surface area contributed by atoms with Gasteiger partial charge in [0.1, 0.15) is 6.61 Å². The Kier molecular flexibility index (Phi) is 5.44. The molecule has 31 heavy (non-hydrogen) atoms. The molecule has 2 heterocycles. The van der Waals surface area contributed by atoms with Crippen LogP contribution < -0.4 is 4.74 Å². The van der Waals surface area contributed by atoms with Crippen LogP contribution >= 0.6 is 0 Å². The number of nitrogens with zero attached hydrogens (tertiary/aromatic N) is 2. The van der Waals surface area contributed by atoms with E-state index in [1.54, 1.807) is 0 Å². The van der Waals surface area contributed by atoms with Crippen molar-refractivity contribution in [2.45, 2.75) is 26.8 Å². The second-order valence-corrected chi connectivity index (χ2v) is 8.54. The zero-order valence-electron chi connectivity index (χ0n) is 18.3. The lowest BCUT2D eigenvalue weighted by molar-refractivity contribution is 0.225. The summed E-state index contributed by atoms with van der Waals surface area (Å²) in [7, 11) is 0. The normalized spacial score (nSPS) is 14.1. The Bertz CT molecular complexity index is 1200. The van der Waals surface area contributed by atoms with Crippen molar-refractivity contribution in [3.63, 3.8) is 0 Å². The molecule has 0 N–H and O–H groups in total. The van der Waals surface area contributed by atoms with E-state index in [0.717, 1.165) is 37.5 Å². The summed E-state index contributed by atoms with van der Waals surface area (Å²) >= 11 is 0. The molecule has 0 saturated carbocycles. The van der Waals surface area contributed by atoms with Gasteiger partial charge in [0, 0.05) is 30.6 Å². The van der Waals surface area contributed by atoms with Gasteiger partial charge in [0.2, 0.25) is 5.88 Å². The molecule has 1 aliphatic heterocycles. The SMILES string of the molecule is Cc1cc(C)c2nc3c(cc2c1)CN(CCc1ccc(-c2ccccc2)cc1)CCO3. The van der Waals surface area contributed by atoms with E-state index in [1.807, 2.05) is 0 Å². The fraction of sp³-hybridized carbons (Fsp3) is 0.250. The van der Waals surface area contributed by atoms with Gasteiger partial charge in [0.05, 0.1) is 5.52 Å². The van der Waals surface area contributed by atoms with Crippen molar-refractivity contribution < 1.29 is 4.74 Å². The average Bonchev–Trinajstić information content (AvgIpc) is 2.99. The van der Waals surface area contributed by atoms with Gasteiger partial charge in [0.15, 0.2) is 0 Å². The van der Waals surface area contributed by atoms with Crippen molar-refractivity contribution in [2.24, 2.45) is 0 Å².